The second-order valence-corrected chi connectivity index (χ2v) is 7.29. The molecule has 0 N–H and O–H groups in total. The highest BCUT2D eigenvalue weighted by Gasteiger charge is 2.25. The lowest BCUT2D eigenvalue weighted by atomic mass is 10.1. The molecule has 0 radical (unpaired) electrons. The Kier molecular flexibility index (Phi) is 5.43. The maximum atomic E-state index is 12.5. The van der Waals surface area contributed by atoms with Crippen molar-refractivity contribution in [2.45, 2.75) is 6.42 Å². The van der Waals surface area contributed by atoms with Crippen LogP contribution in [0.2, 0.25) is 10.0 Å². The molecule has 1 saturated heterocycles. The zero-order chi connectivity index (χ0) is 17.1. The van der Waals surface area contributed by atoms with Gasteiger partial charge in [0.05, 0.1) is 11.3 Å². The van der Waals surface area contributed by atoms with Crippen molar-refractivity contribution < 1.29 is 9.59 Å². The minimum atomic E-state index is -0.0202. The van der Waals surface area contributed by atoms with Gasteiger partial charge in [0, 0.05) is 36.2 Å². The third-order valence-corrected chi connectivity index (χ3v) is 5.61. The SMILES string of the molecule is O=C(Cc1c(Cl)cccc1Cl)N1CCN(C(=O)c2cccs2)CC1. The highest BCUT2D eigenvalue weighted by molar-refractivity contribution is 7.12. The zero-order valence-electron chi connectivity index (χ0n) is 12.9. The normalized spacial score (nSPS) is 14.8. The Morgan fingerprint density at radius 2 is 1.58 bits per heavy atom. The van der Waals surface area contributed by atoms with E-state index in [0.717, 1.165) is 4.88 Å². The summed E-state index contributed by atoms with van der Waals surface area (Å²) in [6.45, 7) is 2.13. The van der Waals surface area contributed by atoms with Gasteiger partial charge >= 0.3 is 0 Å². The van der Waals surface area contributed by atoms with Crippen molar-refractivity contribution in [2.24, 2.45) is 0 Å². The molecule has 1 aromatic heterocycles. The van der Waals surface area contributed by atoms with E-state index in [0.29, 0.717) is 41.8 Å². The van der Waals surface area contributed by atoms with Crippen LogP contribution in [-0.2, 0) is 11.2 Å². The van der Waals surface area contributed by atoms with Gasteiger partial charge in [-0.05, 0) is 29.1 Å². The molecule has 0 saturated carbocycles. The fourth-order valence-electron chi connectivity index (χ4n) is 2.68. The molecule has 1 aromatic carbocycles. The maximum Gasteiger partial charge on any atom is 0.264 e. The molecule has 2 aromatic rings. The molecule has 0 bridgehead atoms. The Morgan fingerprint density at radius 3 is 2.17 bits per heavy atom. The molecule has 0 aliphatic carbocycles. The Bertz CT molecular complexity index is 721. The average molecular weight is 383 g/mol. The van der Waals surface area contributed by atoms with Gasteiger partial charge in [-0.15, -0.1) is 11.3 Å². The van der Waals surface area contributed by atoms with Gasteiger partial charge in [-0.2, -0.15) is 0 Å². The number of piperazine rings is 1. The Labute approximate surface area is 154 Å². The molecular formula is C17H16Cl2N2O2S. The summed E-state index contributed by atoms with van der Waals surface area (Å²) in [5.41, 5.74) is 0.655. The predicted octanol–water partition coefficient (Wildman–Crippen LogP) is 3.58. The van der Waals surface area contributed by atoms with Gasteiger partial charge in [0.1, 0.15) is 0 Å². The van der Waals surface area contributed by atoms with Crippen molar-refractivity contribution in [1.82, 2.24) is 9.80 Å². The van der Waals surface area contributed by atoms with Crippen LogP contribution in [0.5, 0.6) is 0 Å². The molecule has 4 nitrogen and oxygen atoms in total. The van der Waals surface area contributed by atoms with Crippen LogP contribution >= 0.6 is 34.5 Å². The summed E-state index contributed by atoms with van der Waals surface area (Å²) in [6, 6.07) is 8.91. The first kappa shape index (κ1) is 17.3. The molecule has 1 aliphatic heterocycles. The molecule has 0 unspecified atom stereocenters. The first-order chi connectivity index (χ1) is 11.6. The third kappa shape index (κ3) is 3.74. The maximum absolute atomic E-state index is 12.5. The summed E-state index contributed by atoms with van der Waals surface area (Å²) in [5, 5.41) is 2.89. The summed E-state index contributed by atoms with van der Waals surface area (Å²) < 4.78 is 0. The van der Waals surface area contributed by atoms with E-state index in [-0.39, 0.29) is 18.2 Å². The van der Waals surface area contributed by atoms with E-state index in [9.17, 15) is 9.59 Å². The molecule has 0 spiro atoms. The topological polar surface area (TPSA) is 40.6 Å². The minimum Gasteiger partial charge on any atom is -0.339 e. The molecular weight excluding hydrogens is 367 g/mol. The number of hydrogen-bond donors (Lipinski definition) is 0. The monoisotopic (exact) mass is 382 g/mol. The lowest BCUT2D eigenvalue weighted by molar-refractivity contribution is -0.131. The highest BCUT2D eigenvalue weighted by Crippen LogP contribution is 2.25. The Balaban J connectivity index is 1.58. The lowest BCUT2D eigenvalue weighted by Gasteiger charge is -2.34. The fraction of sp³-hybridized carbons (Fsp3) is 0.294. The van der Waals surface area contributed by atoms with Gasteiger partial charge < -0.3 is 9.80 Å². The average Bonchev–Trinajstić information content (AvgIpc) is 3.12. The quantitative estimate of drug-likeness (QED) is 0.813. The van der Waals surface area contributed by atoms with Gasteiger partial charge in [-0.25, -0.2) is 0 Å². The summed E-state index contributed by atoms with van der Waals surface area (Å²) in [7, 11) is 0. The van der Waals surface area contributed by atoms with Crippen molar-refractivity contribution in [3.8, 4) is 0 Å². The van der Waals surface area contributed by atoms with E-state index < -0.39 is 0 Å². The third-order valence-electron chi connectivity index (χ3n) is 4.04. The van der Waals surface area contributed by atoms with Crippen LogP contribution in [0.25, 0.3) is 0 Å². The van der Waals surface area contributed by atoms with Crippen LogP contribution in [0, 0.1) is 0 Å². The summed E-state index contributed by atoms with van der Waals surface area (Å²) in [4.78, 5) is 29.1. The first-order valence-electron chi connectivity index (χ1n) is 7.59. The number of carbonyl (C=O) groups is 2. The van der Waals surface area contributed by atoms with E-state index in [1.54, 1.807) is 28.0 Å². The number of amides is 2. The number of rotatable bonds is 3. The van der Waals surface area contributed by atoms with Crippen LogP contribution in [-0.4, -0.2) is 47.8 Å². The molecule has 1 aliphatic rings. The summed E-state index contributed by atoms with van der Waals surface area (Å²) in [5.74, 6) is 0.0134. The molecule has 126 valence electrons. The molecule has 1 fully saturated rings. The molecule has 3 rings (SSSR count). The van der Waals surface area contributed by atoms with Gasteiger partial charge in [0.25, 0.3) is 5.91 Å². The predicted molar refractivity (Wildman–Crippen MR) is 97.0 cm³/mol. The van der Waals surface area contributed by atoms with Gasteiger partial charge in [0.15, 0.2) is 0 Å². The van der Waals surface area contributed by atoms with Crippen LogP contribution in [0.3, 0.4) is 0 Å². The van der Waals surface area contributed by atoms with Crippen LogP contribution in [0.4, 0.5) is 0 Å². The number of carbonyl (C=O) groups excluding carboxylic acids is 2. The van der Waals surface area contributed by atoms with Crippen LogP contribution in [0.1, 0.15) is 15.2 Å². The van der Waals surface area contributed by atoms with Crippen LogP contribution < -0.4 is 0 Å². The van der Waals surface area contributed by atoms with E-state index in [1.165, 1.54) is 11.3 Å². The standard InChI is InChI=1S/C17H16Cl2N2O2S/c18-13-3-1-4-14(19)12(13)11-16(22)20-6-8-21(9-7-20)17(23)15-5-2-10-24-15/h1-5,10H,6-9,11H2. The Morgan fingerprint density at radius 1 is 0.958 bits per heavy atom. The Hall–Kier alpha value is -1.56. The zero-order valence-corrected chi connectivity index (χ0v) is 15.2. The number of benzene rings is 1. The summed E-state index contributed by atoms with van der Waals surface area (Å²) in [6.07, 6.45) is 0.178. The van der Waals surface area contributed by atoms with Crippen molar-refractivity contribution in [2.75, 3.05) is 26.2 Å². The number of hydrogen-bond acceptors (Lipinski definition) is 3. The van der Waals surface area contributed by atoms with E-state index in [4.69, 9.17) is 23.2 Å². The van der Waals surface area contributed by atoms with E-state index >= 15 is 0 Å². The smallest absolute Gasteiger partial charge is 0.264 e. The van der Waals surface area contributed by atoms with Crippen LogP contribution in [0.15, 0.2) is 35.7 Å². The molecule has 2 amide bonds. The lowest BCUT2D eigenvalue weighted by Crippen LogP contribution is -2.50. The largest absolute Gasteiger partial charge is 0.339 e. The van der Waals surface area contributed by atoms with Crippen molar-refractivity contribution in [1.29, 1.82) is 0 Å². The van der Waals surface area contributed by atoms with E-state index in [2.05, 4.69) is 0 Å². The van der Waals surface area contributed by atoms with Gasteiger partial charge in [-0.3, -0.25) is 9.59 Å². The summed E-state index contributed by atoms with van der Waals surface area (Å²) >= 11 is 13.7. The fourth-order valence-corrected chi connectivity index (χ4v) is 3.90. The van der Waals surface area contributed by atoms with Gasteiger partial charge in [-0.1, -0.05) is 35.3 Å². The molecule has 0 atom stereocenters. The minimum absolute atomic E-state index is 0.0202. The number of nitrogens with zero attached hydrogens (tertiary/aromatic N) is 2. The van der Waals surface area contributed by atoms with Crippen molar-refractivity contribution in [3.63, 3.8) is 0 Å². The van der Waals surface area contributed by atoms with E-state index in [1.807, 2.05) is 17.5 Å². The second kappa shape index (κ2) is 7.55. The number of thiophene rings is 1. The van der Waals surface area contributed by atoms with Crippen molar-refractivity contribution >= 4 is 46.4 Å². The highest BCUT2D eigenvalue weighted by atomic mass is 35.5. The van der Waals surface area contributed by atoms with Crippen molar-refractivity contribution in [3.05, 3.63) is 56.2 Å². The van der Waals surface area contributed by atoms with Gasteiger partial charge in [0.2, 0.25) is 5.91 Å². The molecule has 24 heavy (non-hydrogen) atoms. The molecule has 7 heteroatoms. The number of halogens is 2. The first-order valence-corrected chi connectivity index (χ1v) is 9.23. The second-order valence-electron chi connectivity index (χ2n) is 5.53. The molecule has 2 heterocycles.